The van der Waals surface area contributed by atoms with Gasteiger partial charge >= 0.3 is 0 Å². The molecule has 0 unspecified atom stereocenters. The van der Waals surface area contributed by atoms with Crippen LogP contribution >= 0.6 is 0 Å². The lowest BCUT2D eigenvalue weighted by Gasteiger charge is -2.16. The summed E-state index contributed by atoms with van der Waals surface area (Å²) in [5.74, 6) is 0. The van der Waals surface area contributed by atoms with Gasteiger partial charge in [0, 0.05) is 19.3 Å². The number of hydrogen-bond donors (Lipinski definition) is 1. The van der Waals surface area contributed by atoms with Gasteiger partial charge in [-0.15, -0.1) is 6.58 Å². The van der Waals surface area contributed by atoms with Crippen molar-refractivity contribution in [2.24, 2.45) is 5.73 Å². The third-order valence-corrected chi connectivity index (χ3v) is 2.49. The summed E-state index contributed by atoms with van der Waals surface area (Å²) in [6, 6.07) is 4.12. The Morgan fingerprint density at radius 2 is 2.38 bits per heavy atom. The third-order valence-electron chi connectivity index (χ3n) is 2.49. The zero-order valence-electron chi connectivity index (χ0n) is 10.0. The standard InChI is InChI=1S/C13H21N3/c1-3-4-5-8-16(2)11-12-6-7-15-13(9-12)10-14/h3,6-7,9H,1,4-5,8,10-11,14H2,2H3. The smallest absolute Gasteiger partial charge is 0.0542 e. The number of pyridine rings is 1. The maximum atomic E-state index is 5.56. The van der Waals surface area contributed by atoms with E-state index in [4.69, 9.17) is 5.73 Å². The van der Waals surface area contributed by atoms with Crippen molar-refractivity contribution in [2.45, 2.75) is 25.9 Å². The Morgan fingerprint density at radius 1 is 1.56 bits per heavy atom. The summed E-state index contributed by atoms with van der Waals surface area (Å²) < 4.78 is 0. The lowest BCUT2D eigenvalue weighted by atomic mass is 10.2. The summed E-state index contributed by atoms with van der Waals surface area (Å²) in [7, 11) is 2.13. The average molecular weight is 219 g/mol. The van der Waals surface area contributed by atoms with Crippen LogP contribution < -0.4 is 5.73 Å². The van der Waals surface area contributed by atoms with Crippen LogP contribution in [-0.4, -0.2) is 23.5 Å². The van der Waals surface area contributed by atoms with Crippen LogP contribution in [0, 0.1) is 0 Å². The van der Waals surface area contributed by atoms with Gasteiger partial charge < -0.3 is 10.6 Å². The molecule has 0 aliphatic carbocycles. The van der Waals surface area contributed by atoms with Crippen LogP contribution in [0.25, 0.3) is 0 Å². The zero-order valence-corrected chi connectivity index (χ0v) is 10.0. The van der Waals surface area contributed by atoms with Gasteiger partial charge in [0.25, 0.3) is 0 Å². The van der Waals surface area contributed by atoms with Gasteiger partial charge in [-0.25, -0.2) is 0 Å². The molecule has 2 N–H and O–H groups in total. The van der Waals surface area contributed by atoms with Gasteiger partial charge in [0.15, 0.2) is 0 Å². The summed E-state index contributed by atoms with van der Waals surface area (Å²) in [6.07, 6.45) is 6.03. The lowest BCUT2D eigenvalue weighted by Crippen LogP contribution is -2.19. The molecule has 0 saturated carbocycles. The highest BCUT2D eigenvalue weighted by atomic mass is 15.1. The molecule has 0 atom stereocenters. The molecule has 88 valence electrons. The van der Waals surface area contributed by atoms with Crippen LogP contribution in [0.5, 0.6) is 0 Å². The van der Waals surface area contributed by atoms with Crippen molar-refractivity contribution in [1.29, 1.82) is 0 Å². The highest BCUT2D eigenvalue weighted by Crippen LogP contribution is 2.05. The van der Waals surface area contributed by atoms with E-state index in [0.29, 0.717) is 6.54 Å². The Kier molecular flexibility index (Phi) is 5.75. The molecule has 0 bridgehead atoms. The van der Waals surface area contributed by atoms with E-state index in [1.54, 1.807) is 0 Å². The van der Waals surface area contributed by atoms with Gasteiger partial charge in [0.1, 0.15) is 0 Å². The molecule has 0 aliphatic rings. The molecule has 0 saturated heterocycles. The van der Waals surface area contributed by atoms with E-state index in [2.05, 4.69) is 29.6 Å². The van der Waals surface area contributed by atoms with Gasteiger partial charge in [-0.3, -0.25) is 4.98 Å². The maximum absolute atomic E-state index is 5.56. The summed E-state index contributed by atoms with van der Waals surface area (Å²) in [6.45, 7) is 6.27. The number of nitrogens with zero attached hydrogens (tertiary/aromatic N) is 2. The van der Waals surface area contributed by atoms with Crippen molar-refractivity contribution >= 4 is 0 Å². The molecule has 1 heterocycles. The van der Waals surface area contributed by atoms with E-state index < -0.39 is 0 Å². The van der Waals surface area contributed by atoms with E-state index in [9.17, 15) is 0 Å². The third kappa shape index (κ3) is 4.55. The molecule has 1 rings (SSSR count). The first-order valence-electron chi connectivity index (χ1n) is 5.69. The van der Waals surface area contributed by atoms with Crippen LogP contribution in [-0.2, 0) is 13.1 Å². The van der Waals surface area contributed by atoms with Crippen molar-refractivity contribution in [3.63, 3.8) is 0 Å². The van der Waals surface area contributed by atoms with Gasteiger partial charge in [-0.1, -0.05) is 6.08 Å². The number of hydrogen-bond acceptors (Lipinski definition) is 3. The highest BCUT2D eigenvalue weighted by molar-refractivity contribution is 5.16. The number of nitrogens with two attached hydrogens (primary N) is 1. The lowest BCUT2D eigenvalue weighted by molar-refractivity contribution is 0.323. The summed E-state index contributed by atoms with van der Waals surface area (Å²) in [5.41, 5.74) is 7.79. The Morgan fingerprint density at radius 3 is 3.06 bits per heavy atom. The number of aromatic nitrogens is 1. The fourth-order valence-corrected chi connectivity index (χ4v) is 1.63. The SMILES string of the molecule is C=CCCCN(C)Cc1ccnc(CN)c1. The molecule has 16 heavy (non-hydrogen) atoms. The Labute approximate surface area is 98.0 Å². The first-order valence-corrected chi connectivity index (χ1v) is 5.69. The monoisotopic (exact) mass is 219 g/mol. The minimum atomic E-state index is 0.508. The van der Waals surface area contributed by atoms with Crippen molar-refractivity contribution in [2.75, 3.05) is 13.6 Å². The fourth-order valence-electron chi connectivity index (χ4n) is 1.63. The van der Waals surface area contributed by atoms with Crippen LogP contribution in [0.3, 0.4) is 0 Å². The van der Waals surface area contributed by atoms with Crippen molar-refractivity contribution in [1.82, 2.24) is 9.88 Å². The molecule has 0 radical (unpaired) electrons. The van der Waals surface area contributed by atoms with Gasteiger partial charge in [0.05, 0.1) is 5.69 Å². The Balaban J connectivity index is 2.42. The average Bonchev–Trinajstić information content (AvgIpc) is 2.29. The van der Waals surface area contributed by atoms with E-state index in [0.717, 1.165) is 31.6 Å². The van der Waals surface area contributed by atoms with Crippen LogP contribution in [0.15, 0.2) is 31.0 Å². The molecule has 1 aromatic rings. The van der Waals surface area contributed by atoms with E-state index >= 15 is 0 Å². The minimum absolute atomic E-state index is 0.508. The topological polar surface area (TPSA) is 42.2 Å². The fraction of sp³-hybridized carbons (Fsp3) is 0.462. The molecule has 3 heteroatoms. The van der Waals surface area contributed by atoms with Crippen molar-refractivity contribution in [3.8, 4) is 0 Å². The number of allylic oxidation sites excluding steroid dienone is 1. The molecule has 3 nitrogen and oxygen atoms in total. The van der Waals surface area contributed by atoms with Crippen molar-refractivity contribution in [3.05, 3.63) is 42.2 Å². The molecular weight excluding hydrogens is 198 g/mol. The first kappa shape index (κ1) is 12.9. The summed E-state index contributed by atoms with van der Waals surface area (Å²) in [5, 5.41) is 0. The van der Waals surface area contributed by atoms with E-state index in [1.165, 1.54) is 5.56 Å². The normalized spacial score (nSPS) is 10.7. The predicted octanol–water partition coefficient (Wildman–Crippen LogP) is 1.94. The quantitative estimate of drug-likeness (QED) is 0.563. The second-order valence-corrected chi connectivity index (χ2v) is 4.03. The van der Waals surface area contributed by atoms with Crippen LogP contribution in [0.2, 0.25) is 0 Å². The molecule has 0 amide bonds. The van der Waals surface area contributed by atoms with Crippen LogP contribution in [0.1, 0.15) is 24.1 Å². The summed E-state index contributed by atoms with van der Waals surface area (Å²) in [4.78, 5) is 6.49. The maximum Gasteiger partial charge on any atom is 0.0542 e. The largest absolute Gasteiger partial charge is 0.325 e. The second-order valence-electron chi connectivity index (χ2n) is 4.03. The van der Waals surface area contributed by atoms with Crippen LogP contribution in [0.4, 0.5) is 0 Å². The molecule has 0 aromatic carbocycles. The van der Waals surface area contributed by atoms with Crippen molar-refractivity contribution < 1.29 is 0 Å². The van der Waals surface area contributed by atoms with Gasteiger partial charge in [-0.2, -0.15) is 0 Å². The molecular formula is C13H21N3. The molecule has 0 spiro atoms. The second kappa shape index (κ2) is 7.14. The molecule has 0 fully saturated rings. The summed E-state index contributed by atoms with van der Waals surface area (Å²) >= 11 is 0. The van der Waals surface area contributed by atoms with E-state index in [1.807, 2.05) is 18.3 Å². The van der Waals surface area contributed by atoms with Gasteiger partial charge in [0.2, 0.25) is 0 Å². The zero-order chi connectivity index (χ0) is 11.8. The number of unbranched alkanes of at least 4 members (excludes halogenated alkanes) is 1. The van der Waals surface area contributed by atoms with Gasteiger partial charge in [-0.05, 0) is 44.1 Å². The minimum Gasteiger partial charge on any atom is -0.325 e. The Hall–Kier alpha value is -1.19. The molecule has 1 aromatic heterocycles. The molecule has 0 aliphatic heterocycles. The Bertz CT molecular complexity index is 323. The number of rotatable bonds is 7. The highest BCUT2D eigenvalue weighted by Gasteiger charge is 2.00. The predicted molar refractivity (Wildman–Crippen MR) is 67.9 cm³/mol. The van der Waals surface area contributed by atoms with E-state index in [-0.39, 0.29) is 0 Å². The first-order chi connectivity index (χ1) is 7.76.